The minimum absolute atomic E-state index is 0.727. The molecular formula is C21H23N3. The normalized spacial score (nSPS) is 18.2. The van der Waals surface area contributed by atoms with E-state index < -0.39 is 0 Å². The molecule has 2 N–H and O–H groups in total. The van der Waals surface area contributed by atoms with E-state index in [4.69, 9.17) is 5.73 Å². The Hall–Kier alpha value is -2.39. The Morgan fingerprint density at radius 2 is 2.04 bits per heavy atom. The third-order valence-corrected chi connectivity index (χ3v) is 5.01. The highest BCUT2D eigenvalue weighted by atomic mass is 15.1. The van der Waals surface area contributed by atoms with Gasteiger partial charge < -0.3 is 5.73 Å². The highest BCUT2D eigenvalue weighted by molar-refractivity contribution is 5.84. The van der Waals surface area contributed by atoms with Crippen LogP contribution in [-0.2, 0) is 13.0 Å². The molecule has 24 heavy (non-hydrogen) atoms. The molecule has 122 valence electrons. The van der Waals surface area contributed by atoms with E-state index in [2.05, 4.69) is 46.3 Å². The zero-order chi connectivity index (χ0) is 16.4. The summed E-state index contributed by atoms with van der Waals surface area (Å²) >= 11 is 0. The van der Waals surface area contributed by atoms with E-state index in [1.54, 1.807) is 0 Å². The highest BCUT2D eigenvalue weighted by Gasteiger charge is 2.23. The largest absolute Gasteiger partial charge is 0.399 e. The molecule has 2 aromatic carbocycles. The number of nitrogens with two attached hydrogens (primary N) is 1. The maximum Gasteiger partial charge on any atom is 0.0346 e. The molecule has 3 heteroatoms. The molecule has 1 atom stereocenters. The van der Waals surface area contributed by atoms with Crippen LogP contribution >= 0.6 is 0 Å². The number of benzene rings is 2. The molecule has 3 nitrogen and oxygen atoms in total. The first-order valence-corrected chi connectivity index (χ1v) is 8.66. The van der Waals surface area contributed by atoms with Gasteiger partial charge in [0.15, 0.2) is 0 Å². The lowest BCUT2D eigenvalue weighted by Crippen LogP contribution is -2.20. The summed E-state index contributed by atoms with van der Waals surface area (Å²) in [4.78, 5) is 6.78. The topological polar surface area (TPSA) is 42.1 Å². The molecule has 0 bridgehead atoms. The molecule has 1 aliphatic rings. The molecule has 0 radical (unpaired) electrons. The van der Waals surface area contributed by atoms with Crippen molar-refractivity contribution in [1.29, 1.82) is 0 Å². The minimum Gasteiger partial charge on any atom is -0.399 e. The van der Waals surface area contributed by atoms with Crippen LogP contribution in [0, 0.1) is 5.92 Å². The van der Waals surface area contributed by atoms with E-state index >= 15 is 0 Å². The molecule has 0 spiro atoms. The Balaban J connectivity index is 1.43. The monoisotopic (exact) mass is 317 g/mol. The summed E-state index contributed by atoms with van der Waals surface area (Å²) in [7, 11) is 0. The van der Waals surface area contributed by atoms with Crippen LogP contribution in [0.2, 0.25) is 0 Å². The van der Waals surface area contributed by atoms with E-state index in [9.17, 15) is 0 Å². The zero-order valence-corrected chi connectivity index (χ0v) is 13.9. The van der Waals surface area contributed by atoms with Gasteiger partial charge >= 0.3 is 0 Å². The Morgan fingerprint density at radius 1 is 1.12 bits per heavy atom. The maximum absolute atomic E-state index is 5.89. The molecule has 1 unspecified atom stereocenters. The summed E-state index contributed by atoms with van der Waals surface area (Å²) in [6.07, 6.45) is 6.27. The summed E-state index contributed by atoms with van der Waals surface area (Å²) in [5.41, 5.74) is 9.51. The number of nitrogen functional groups attached to an aromatic ring is 1. The zero-order valence-electron chi connectivity index (χ0n) is 13.9. The van der Waals surface area contributed by atoms with Crippen molar-refractivity contribution in [2.75, 3.05) is 18.8 Å². The second-order valence-corrected chi connectivity index (χ2v) is 6.85. The SMILES string of the molecule is Nc1cccc(CN2CCC(Cc3cccc4cnccc34)C2)c1. The average Bonchev–Trinajstić information content (AvgIpc) is 3.02. The van der Waals surface area contributed by atoms with Crippen LogP contribution in [-0.4, -0.2) is 23.0 Å². The number of anilines is 1. The first-order valence-electron chi connectivity index (χ1n) is 8.66. The van der Waals surface area contributed by atoms with Gasteiger partial charge in [0.1, 0.15) is 0 Å². The molecule has 0 saturated carbocycles. The molecular weight excluding hydrogens is 294 g/mol. The lowest BCUT2D eigenvalue weighted by Gasteiger charge is -2.17. The highest BCUT2D eigenvalue weighted by Crippen LogP contribution is 2.26. The van der Waals surface area contributed by atoms with Gasteiger partial charge in [-0.15, -0.1) is 0 Å². The van der Waals surface area contributed by atoms with Gasteiger partial charge in [-0.3, -0.25) is 9.88 Å². The first kappa shape index (κ1) is 15.2. The van der Waals surface area contributed by atoms with Crippen molar-refractivity contribution in [2.45, 2.75) is 19.4 Å². The van der Waals surface area contributed by atoms with Gasteiger partial charge in [-0.2, -0.15) is 0 Å². The molecule has 1 fully saturated rings. The number of fused-ring (bicyclic) bond motifs is 1. The summed E-state index contributed by atoms with van der Waals surface area (Å²) in [5, 5.41) is 2.59. The number of rotatable bonds is 4. The van der Waals surface area contributed by atoms with Crippen molar-refractivity contribution in [1.82, 2.24) is 9.88 Å². The van der Waals surface area contributed by atoms with Crippen molar-refractivity contribution < 1.29 is 0 Å². The van der Waals surface area contributed by atoms with Crippen molar-refractivity contribution in [2.24, 2.45) is 5.92 Å². The summed E-state index contributed by atoms with van der Waals surface area (Å²) in [6.45, 7) is 3.34. The average molecular weight is 317 g/mol. The van der Waals surface area contributed by atoms with Crippen LogP contribution in [0.25, 0.3) is 10.8 Å². The Bertz CT molecular complexity index is 838. The fourth-order valence-corrected chi connectivity index (χ4v) is 3.85. The molecule has 0 aliphatic carbocycles. The molecule has 4 rings (SSSR count). The van der Waals surface area contributed by atoms with Crippen molar-refractivity contribution >= 4 is 16.5 Å². The summed E-state index contributed by atoms with van der Waals surface area (Å²) in [5.74, 6) is 0.727. The van der Waals surface area contributed by atoms with Gasteiger partial charge in [0, 0.05) is 36.6 Å². The van der Waals surface area contributed by atoms with Crippen LogP contribution in [0.3, 0.4) is 0 Å². The number of hydrogen-bond donors (Lipinski definition) is 1. The smallest absolute Gasteiger partial charge is 0.0346 e. The van der Waals surface area contributed by atoms with Crippen LogP contribution < -0.4 is 5.73 Å². The van der Waals surface area contributed by atoms with Gasteiger partial charge in [0.2, 0.25) is 0 Å². The molecule has 1 aromatic heterocycles. The Morgan fingerprint density at radius 3 is 2.96 bits per heavy atom. The van der Waals surface area contributed by atoms with E-state index in [1.807, 2.05) is 24.5 Å². The van der Waals surface area contributed by atoms with Gasteiger partial charge in [-0.1, -0.05) is 30.3 Å². The quantitative estimate of drug-likeness (QED) is 0.743. The van der Waals surface area contributed by atoms with Crippen LogP contribution in [0.5, 0.6) is 0 Å². The maximum atomic E-state index is 5.89. The van der Waals surface area contributed by atoms with E-state index in [0.717, 1.165) is 31.1 Å². The van der Waals surface area contributed by atoms with Crippen LogP contribution in [0.1, 0.15) is 17.5 Å². The lowest BCUT2D eigenvalue weighted by molar-refractivity contribution is 0.316. The number of hydrogen-bond acceptors (Lipinski definition) is 3. The van der Waals surface area contributed by atoms with Gasteiger partial charge in [-0.25, -0.2) is 0 Å². The number of aromatic nitrogens is 1. The number of nitrogens with zero attached hydrogens (tertiary/aromatic N) is 2. The minimum atomic E-state index is 0.727. The first-order chi connectivity index (χ1) is 11.8. The third kappa shape index (κ3) is 3.26. The fraction of sp³-hybridized carbons (Fsp3) is 0.286. The second-order valence-electron chi connectivity index (χ2n) is 6.85. The fourth-order valence-electron chi connectivity index (χ4n) is 3.85. The van der Waals surface area contributed by atoms with E-state index in [0.29, 0.717) is 0 Å². The standard InChI is InChI=1S/C21H23N3/c22-20-6-1-3-16(12-20)14-24-10-8-17(15-24)11-18-4-2-5-19-13-23-9-7-21(18)19/h1-7,9,12-13,17H,8,10-11,14-15,22H2. The number of likely N-dealkylation sites (tertiary alicyclic amines) is 1. The van der Waals surface area contributed by atoms with Crippen molar-refractivity contribution in [3.05, 3.63) is 72.1 Å². The van der Waals surface area contributed by atoms with Gasteiger partial charge in [0.05, 0.1) is 0 Å². The van der Waals surface area contributed by atoms with Crippen molar-refractivity contribution in [3.8, 4) is 0 Å². The van der Waals surface area contributed by atoms with E-state index in [1.165, 1.54) is 34.9 Å². The van der Waals surface area contributed by atoms with Crippen LogP contribution in [0.15, 0.2) is 60.9 Å². The summed E-state index contributed by atoms with van der Waals surface area (Å²) in [6, 6.07) is 17.0. The molecule has 3 aromatic rings. The third-order valence-electron chi connectivity index (χ3n) is 5.01. The predicted molar refractivity (Wildman–Crippen MR) is 99.7 cm³/mol. The van der Waals surface area contributed by atoms with Gasteiger partial charge in [0.25, 0.3) is 0 Å². The van der Waals surface area contributed by atoms with Gasteiger partial charge in [-0.05, 0) is 60.0 Å². The molecule has 1 aliphatic heterocycles. The molecule has 2 heterocycles. The molecule has 1 saturated heterocycles. The Kier molecular flexibility index (Phi) is 4.18. The second kappa shape index (κ2) is 6.62. The Labute approximate surface area is 143 Å². The van der Waals surface area contributed by atoms with Crippen molar-refractivity contribution in [3.63, 3.8) is 0 Å². The number of pyridine rings is 1. The lowest BCUT2D eigenvalue weighted by atomic mass is 9.95. The van der Waals surface area contributed by atoms with E-state index in [-0.39, 0.29) is 0 Å². The van der Waals surface area contributed by atoms with Crippen LogP contribution in [0.4, 0.5) is 5.69 Å². The molecule has 0 amide bonds. The summed E-state index contributed by atoms with van der Waals surface area (Å²) < 4.78 is 0. The predicted octanol–water partition coefficient (Wildman–Crippen LogP) is 3.88.